The molecule has 0 unspecified atom stereocenters. The van der Waals surface area contributed by atoms with Crippen LogP contribution in [0.4, 0.5) is 10.5 Å². The SMILES string of the molecule is Cc1ccc(CNC(=O)n2nc(-c3cc(NC(=O)c4ccccc4Cl)ccc3O)cc2C2CC2)cc1. The number of rotatable bonds is 6. The van der Waals surface area contributed by atoms with E-state index in [2.05, 4.69) is 15.7 Å². The highest BCUT2D eigenvalue weighted by molar-refractivity contribution is 6.34. The zero-order valence-electron chi connectivity index (χ0n) is 19.7. The Morgan fingerprint density at radius 3 is 2.53 bits per heavy atom. The van der Waals surface area contributed by atoms with Crippen molar-refractivity contribution in [3.8, 4) is 17.0 Å². The lowest BCUT2D eigenvalue weighted by atomic mass is 10.1. The van der Waals surface area contributed by atoms with Crippen LogP contribution < -0.4 is 10.6 Å². The summed E-state index contributed by atoms with van der Waals surface area (Å²) in [5.74, 6) is -0.114. The van der Waals surface area contributed by atoms with Crippen LogP contribution in [0.2, 0.25) is 5.02 Å². The number of aromatic hydroxyl groups is 1. The topological polar surface area (TPSA) is 96.3 Å². The Balaban J connectivity index is 1.39. The van der Waals surface area contributed by atoms with Gasteiger partial charge in [-0.3, -0.25) is 4.79 Å². The van der Waals surface area contributed by atoms with E-state index < -0.39 is 0 Å². The van der Waals surface area contributed by atoms with Crippen molar-refractivity contribution in [2.75, 3.05) is 5.32 Å². The Hall–Kier alpha value is -4.10. The lowest BCUT2D eigenvalue weighted by molar-refractivity contribution is 0.102. The van der Waals surface area contributed by atoms with Crippen molar-refractivity contribution in [3.63, 3.8) is 0 Å². The standard InChI is InChI=1S/C28H25ClN4O3/c1-17-6-8-18(9-7-17)16-30-28(36)33-25(19-10-11-19)15-24(32-33)22-14-20(12-13-26(22)34)31-27(35)21-4-2-3-5-23(21)29/h2-9,12-15,19,34H,10-11,16H2,1H3,(H,30,36)(H,31,35). The third-order valence-corrected chi connectivity index (χ3v) is 6.47. The van der Waals surface area contributed by atoms with Gasteiger partial charge in [-0.15, -0.1) is 0 Å². The minimum absolute atomic E-state index is 0.00203. The fraction of sp³-hybridized carbons (Fsp3) is 0.179. The normalized spacial score (nSPS) is 12.8. The summed E-state index contributed by atoms with van der Waals surface area (Å²) in [6.45, 7) is 2.40. The predicted octanol–water partition coefficient (Wildman–Crippen LogP) is 6.11. The molecule has 5 rings (SSSR count). The maximum atomic E-state index is 13.0. The van der Waals surface area contributed by atoms with Gasteiger partial charge in [-0.2, -0.15) is 9.78 Å². The molecule has 0 radical (unpaired) electrons. The molecule has 0 aliphatic heterocycles. The zero-order valence-corrected chi connectivity index (χ0v) is 20.4. The fourth-order valence-electron chi connectivity index (χ4n) is 3.98. The first-order chi connectivity index (χ1) is 17.4. The molecule has 2 amide bonds. The lowest BCUT2D eigenvalue weighted by Crippen LogP contribution is -2.30. The molecule has 1 aromatic heterocycles. The van der Waals surface area contributed by atoms with Crippen LogP contribution in [-0.4, -0.2) is 26.8 Å². The van der Waals surface area contributed by atoms with Crippen LogP contribution >= 0.6 is 11.6 Å². The minimum atomic E-state index is -0.364. The molecule has 3 aromatic carbocycles. The molecule has 36 heavy (non-hydrogen) atoms. The molecule has 1 aliphatic carbocycles. The van der Waals surface area contributed by atoms with Gasteiger partial charge in [-0.25, -0.2) is 4.79 Å². The van der Waals surface area contributed by atoms with Gasteiger partial charge in [-0.1, -0.05) is 53.6 Å². The Labute approximate surface area is 213 Å². The zero-order chi connectivity index (χ0) is 25.2. The summed E-state index contributed by atoms with van der Waals surface area (Å²) < 4.78 is 1.38. The van der Waals surface area contributed by atoms with Gasteiger partial charge in [0.1, 0.15) is 5.75 Å². The van der Waals surface area contributed by atoms with E-state index >= 15 is 0 Å². The van der Waals surface area contributed by atoms with Crippen LogP contribution in [0.5, 0.6) is 5.75 Å². The van der Waals surface area contributed by atoms with E-state index in [1.54, 1.807) is 36.4 Å². The van der Waals surface area contributed by atoms with Crippen LogP contribution in [0.1, 0.15) is 45.9 Å². The highest BCUT2D eigenvalue weighted by Crippen LogP contribution is 2.42. The van der Waals surface area contributed by atoms with E-state index in [1.165, 1.54) is 10.7 Å². The van der Waals surface area contributed by atoms with E-state index in [-0.39, 0.29) is 23.6 Å². The van der Waals surface area contributed by atoms with Crippen molar-refractivity contribution >= 4 is 29.2 Å². The lowest BCUT2D eigenvalue weighted by Gasteiger charge is -2.09. The molecule has 0 bridgehead atoms. The molecule has 4 aromatic rings. The minimum Gasteiger partial charge on any atom is -0.507 e. The summed E-state index contributed by atoms with van der Waals surface area (Å²) in [5.41, 5.74) is 4.64. The number of aryl methyl sites for hydroxylation is 1. The molecule has 8 heteroatoms. The molecule has 1 saturated carbocycles. The number of benzene rings is 3. The molecule has 1 heterocycles. The van der Waals surface area contributed by atoms with Crippen molar-refractivity contribution in [1.82, 2.24) is 15.1 Å². The van der Waals surface area contributed by atoms with Crippen molar-refractivity contribution in [3.05, 3.63) is 100 Å². The number of phenolic OH excluding ortho intramolecular Hbond substituents is 1. The first kappa shape index (κ1) is 23.6. The summed E-state index contributed by atoms with van der Waals surface area (Å²) in [6.07, 6.45) is 1.96. The second kappa shape index (κ2) is 9.87. The van der Waals surface area contributed by atoms with Crippen molar-refractivity contribution in [2.24, 2.45) is 0 Å². The Morgan fingerprint density at radius 2 is 1.81 bits per heavy atom. The summed E-state index contributed by atoms with van der Waals surface area (Å²) >= 11 is 6.14. The number of nitrogens with zero attached hydrogens (tertiary/aromatic N) is 2. The van der Waals surface area contributed by atoms with Crippen LogP contribution in [-0.2, 0) is 6.54 Å². The number of hydrogen-bond donors (Lipinski definition) is 3. The summed E-state index contributed by atoms with van der Waals surface area (Å²) in [4.78, 5) is 25.7. The van der Waals surface area contributed by atoms with Gasteiger partial charge >= 0.3 is 6.03 Å². The van der Waals surface area contributed by atoms with Gasteiger partial charge in [-0.05, 0) is 61.7 Å². The monoisotopic (exact) mass is 500 g/mol. The van der Waals surface area contributed by atoms with E-state index in [1.807, 2.05) is 37.3 Å². The van der Waals surface area contributed by atoms with Crippen LogP contribution in [0.25, 0.3) is 11.3 Å². The Morgan fingerprint density at radius 1 is 1.06 bits per heavy atom. The molecule has 0 atom stereocenters. The van der Waals surface area contributed by atoms with Gasteiger partial charge in [0.15, 0.2) is 0 Å². The number of hydrogen-bond acceptors (Lipinski definition) is 4. The Bertz CT molecular complexity index is 1440. The van der Waals surface area contributed by atoms with Crippen LogP contribution in [0.3, 0.4) is 0 Å². The number of carbonyl (C=O) groups is 2. The molecule has 3 N–H and O–H groups in total. The molecule has 182 valence electrons. The number of halogens is 1. The molecule has 0 saturated heterocycles. The smallest absolute Gasteiger partial charge is 0.342 e. The second-order valence-electron chi connectivity index (χ2n) is 8.95. The molecule has 0 spiro atoms. The van der Waals surface area contributed by atoms with Crippen LogP contribution in [0, 0.1) is 6.92 Å². The highest BCUT2D eigenvalue weighted by atomic mass is 35.5. The van der Waals surface area contributed by atoms with Gasteiger partial charge < -0.3 is 15.7 Å². The quantitative estimate of drug-likeness (QED) is 0.278. The first-order valence-corrected chi connectivity index (χ1v) is 12.1. The number of anilines is 1. The molecule has 1 fully saturated rings. The second-order valence-corrected chi connectivity index (χ2v) is 9.36. The van der Waals surface area contributed by atoms with E-state index in [0.29, 0.717) is 34.1 Å². The maximum absolute atomic E-state index is 13.0. The molecule has 7 nitrogen and oxygen atoms in total. The van der Waals surface area contributed by atoms with Crippen molar-refractivity contribution in [2.45, 2.75) is 32.2 Å². The fourth-order valence-corrected chi connectivity index (χ4v) is 4.20. The predicted molar refractivity (Wildman–Crippen MR) is 140 cm³/mol. The van der Waals surface area contributed by atoms with Gasteiger partial charge in [0.05, 0.1) is 22.0 Å². The van der Waals surface area contributed by atoms with Gasteiger partial charge in [0.25, 0.3) is 5.91 Å². The molecular formula is C28H25ClN4O3. The largest absolute Gasteiger partial charge is 0.507 e. The third-order valence-electron chi connectivity index (χ3n) is 6.14. The average molecular weight is 501 g/mol. The number of carbonyl (C=O) groups excluding carboxylic acids is 2. The Kier molecular flexibility index (Phi) is 6.48. The number of phenols is 1. The molecule has 1 aliphatic rings. The molecular weight excluding hydrogens is 476 g/mol. The van der Waals surface area contributed by atoms with E-state index in [0.717, 1.165) is 29.7 Å². The van der Waals surface area contributed by atoms with Crippen molar-refractivity contribution in [1.29, 1.82) is 0 Å². The highest BCUT2D eigenvalue weighted by Gasteiger charge is 2.31. The maximum Gasteiger partial charge on any atom is 0.342 e. The van der Waals surface area contributed by atoms with E-state index in [9.17, 15) is 14.7 Å². The van der Waals surface area contributed by atoms with Crippen molar-refractivity contribution < 1.29 is 14.7 Å². The summed E-state index contributed by atoms with van der Waals surface area (Å²) in [7, 11) is 0. The summed E-state index contributed by atoms with van der Waals surface area (Å²) in [5, 5.41) is 21.2. The summed E-state index contributed by atoms with van der Waals surface area (Å²) in [6, 6.07) is 21.0. The van der Waals surface area contributed by atoms with Crippen LogP contribution in [0.15, 0.2) is 72.8 Å². The third kappa shape index (κ3) is 5.11. The van der Waals surface area contributed by atoms with Gasteiger partial charge in [0, 0.05) is 23.7 Å². The number of amides is 2. The average Bonchev–Trinajstić information content (AvgIpc) is 3.63. The number of nitrogens with one attached hydrogen (secondary N) is 2. The van der Waals surface area contributed by atoms with E-state index in [4.69, 9.17) is 11.6 Å². The first-order valence-electron chi connectivity index (χ1n) is 11.7. The number of aromatic nitrogens is 2. The van der Waals surface area contributed by atoms with Gasteiger partial charge in [0.2, 0.25) is 0 Å².